The third-order valence-electron chi connectivity index (χ3n) is 1.10. The van der Waals surface area contributed by atoms with Gasteiger partial charge in [0.25, 0.3) is 0 Å². The summed E-state index contributed by atoms with van der Waals surface area (Å²) in [6, 6.07) is 2.11. The van der Waals surface area contributed by atoms with Crippen molar-refractivity contribution in [3.63, 3.8) is 0 Å². The molecule has 1 rings (SSSR count). The molecule has 1 heterocycles. The van der Waals surface area contributed by atoms with E-state index >= 15 is 0 Å². The second kappa shape index (κ2) is 2.82. The molecule has 2 N–H and O–H groups in total. The van der Waals surface area contributed by atoms with Gasteiger partial charge in [0.15, 0.2) is 0 Å². The predicted octanol–water partition coefficient (Wildman–Crippen LogP) is 2.28. The van der Waals surface area contributed by atoms with Crippen molar-refractivity contribution < 1.29 is 0 Å². The molecule has 0 saturated carbocycles. The number of thiophene rings is 1. The number of halogens is 1. The van der Waals surface area contributed by atoms with E-state index < -0.39 is 0 Å². The molecule has 1 nitrogen and oxygen atoms in total. The van der Waals surface area contributed by atoms with Crippen LogP contribution in [0.3, 0.4) is 0 Å². The van der Waals surface area contributed by atoms with Crippen LogP contribution in [-0.2, 0) is 6.54 Å². The maximum atomic E-state index is 5.44. The van der Waals surface area contributed by atoms with E-state index in [-0.39, 0.29) is 0 Å². The molecule has 50 valence electrons. The minimum atomic E-state index is 0.630. The van der Waals surface area contributed by atoms with Gasteiger partial charge < -0.3 is 5.73 Å². The van der Waals surface area contributed by atoms with Gasteiger partial charge in [-0.15, -0.1) is 11.3 Å². The van der Waals surface area contributed by atoms with Crippen molar-refractivity contribution in [3.05, 3.63) is 20.3 Å². The van der Waals surface area contributed by atoms with Crippen molar-refractivity contribution in [2.45, 2.75) is 13.5 Å². The number of nitrogens with two attached hydrogens (primary N) is 1. The molecule has 0 spiro atoms. The Morgan fingerprint density at radius 3 is 2.67 bits per heavy atom. The van der Waals surface area contributed by atoms with Crippen LogP contribution in [0.1, 0.15) is 10.4 Å². The molecule has 0 unspecified atom stereocenters. The highest BCUT2D eigenvalue weighted by Crippen LogP contribution is 2.26. The number of hydrogen-bond donors (Lipinski definition) is 1. The quantitative estimate of drug-likeness (QED) is 0.749. The van der Waals surface area contributed by atoms with Crippen LogP contribution in [0, 0.1) is 6.92 Å². The summed E-state index contributed by atoms with van der Waals surface area (Å²) in [6.45, 7) is 2.71. The molecule has 0 aliphatic carbocycles. The Morgan fingerprint density at radius 2 is 2.44 bits per heavy atom. The third-order valence-corrected chi connectivity index (χ3v) is 2.98. The Morgan fingerprint density at radius 1 is 1.78 bits per heavy atom. The second-order valence-corrected chi connectivity index (χ2v) is 4.43. The van der Waals surface area contributed by atoms with Gasteiger partial charge in [0.05, 0.1) is 3.79 Å². The van der Waals surface area contributed by atoms with E-state index in [1.807, 2.05) is 0 Å². The predicted molar refractivity (Wildman–Crippen MR) is 44.6 cm³/mol. The summed E-state index contributed by atoms with van der Waals surface area (Å²) in [5, 5.41) is 0. The topological polar surface area (TPSA) is 26.0 Å². The molecule has 1 aromatic rings. The molecule has 1 aromatic heterocycles. The molecule has 0 aliphatic rings. The number of hydrogen-bond acceptors (Lipinski definition) is 2. The Bertz CT molecular complexity index is 207. The summed E-state index contributed by atoms with van der Waals surface area (Å²) in [5.41, 5.74) is 6.65. The molecular formula is C6H8BrNS. The van der Waals surface area contributed by atoms with E-state index in [4.69, 9.17) is 5.73 Å². The van der Waals surface area contributed by atoms with Crippen LogP contribution in [0.15, 0.2) is 9.85 Å². The minimum Gasteiger partial charge on any atom is -0.326 e. The molecule has 9 heavy (non-hydrogen) atoms. The van der Waals surface area contributed by atoms with Crippen molar-refractivity contribution >= 4 is 27.3 Å². The lowest BCUT2D eigenvalue weighted by Crippen LogP contribution is -1.93. The summed E-state index contributed by atoms with van der Waals surface area (Å²) in [6.07, 6.45) is 0. The first-order valence-electron chi connectivity index (χ1n) is 2.69. The zero-order valence-electron chi connectivity index (χ0n) is 5.15. The fraction of sp³-hybridized carbons (Fsp3) is 0.333. The lowest BCUT2D eigenvalue weighted by molar-refractivity contribution is 1.07. The summed E-state index contributed by atoms with van der Waals surface area (Å²) in [5.74, 6) is 0. The van der Waals surface area contributed by atoms with Crippen molar-refractivity contribution in [3.8, 4) is 0 Å². The van der Waals surface area contributed by atoms with Crippen LogP contribution >= 0.6 is 27.3 Å². The summed E-state index contributed by atoms with van der Waals surface area (Å²) in [4.78, 5) is 1.31. The van der Waals surface area contributed by atoms with Gasteiger partial charge in [0.2, 0.25) is 0 Å². The number of rotatable bonds is 1. The molecule has 0 bridgehead atoms. The highest BCUT2D eigenvalue weighted by Gasteiger charge is 1.99. The second-order valence-electron chi connectivity index (χ2n) is 1.86. The largest absolute Gasteiger partial charge is 0.326 e. The SMILES string of the molecule is Cc1cc(CN)c(Br)s1. The summed E-state index contributed by atoms with van der Waals surface area (Å²) < 4.78 is 1.17. The van der Waals surface area contributed by atoms with Gasteiger partial charge in [-0.05, 0) is 34.5 Å². The van der Waals surface area contributed by atoms with E-state index in [9.17, 15) is 0 Å². The zero-order chi connectivity index (χ0) is 6.85. The Kier molecular flexibility index (Phi) is 2.27. The zero-order valence-corrected chi connectivity index (χ0v) is 7.55. The molecule has 0 atom stereocenters. The Hall–Kier alpha value is 0.140. The van der Waals surface area contributed by atoms with Crippen LogP contribution in [0.5, 0.6) is 0 Å². The smallest absolute Gasteiger partial charge is 0.0746 e. The van der Waals surface area contributed by atoms with Gasteiger partial charge in [0.1, 0.15) is 0 Å². The minimum absolute atomic E-state index is 0.630. The highest BCUT2D eigenvalue weighted by atomic mass is 79.9. The molecule has 0 aromatic carbocycles. The monoisotopic (exact) mass is 205 g/mol. The molecule has 0 aliphatic heterocycles. The molecule has 0 amide bonds. The molecular weight excluding hydrogens is 198 g/mol. The van der Waals surface area contributed by atoms with Crippen LogP contribution in [-0.4, -0.2) is 0 Å². The maximum Gasteiger partial charge on any atom is 0.0746 e. The van der Waals surface area contributed by atoms with Gasteiger partial charge >= 0.3 is 0 Å². The average Bonchev–Trinajstić information content (AvgIpc) is 2.10. The molecule has 0 saturated heterocycles. The number of aryl methyl sites for hydroxylation is 1. The standard InChI is InChI=1S/C6H8BrNS/c1-4-2-5(3-8)6(7)9-4/h2H,3,8H2,1H3. The first kappa shape index (κ1) is 7.25. The first-order chi connectivity index (χ1) is 4.24. The lowest BCUT2D eigenvalue weighted by atomic mass is 10.3. The van der Waals surface area contributed by atoms with E-state index in [1.165, 1.54) is 14.2 Å². The van der Waals surface area contributed by atoms with E-state index in [1.54, 1.807) is 11.3 Å². The van der Waals surface area contributed by atoms with Crippen molar-refractivity contribution in [1.29, 1.82) is 0 Å². The van der Waals surface area contributed by atoms with Crippen molar-refractivity contribution in [2.75, 3.05) is 0 Å². The molecule has 0 fully saturated rings. The Labute approximate surface area is 67.0 Å². The molecule has 3 heteroatoms. The van der Waals surface area contributed by atoms with Gasteiger partial charge in [-0.25, -0.2) is 0 Å². The van der Waals surface area contributed by atoms with E-state index in [0.29, 0.717) is 6.54 Å². The fourth-order valence-electron chi connectivity index (χ4n) is 0.678. The van der Waals surface area contributed by atoms with Crippen molar-refractivity contribution in [2.24, 2.45) is 5.73 Å². The third kappa shape index (κ3) is 1.53. The molecule has 0 radical (unpaired) electrons. The lowest BCUT2D eigenvalue weighted by Gasteiger charge is -1.86. The fourth-order valence-corrected chi connectivity index (χ4v) is 2.48. The summed E-state index contributed by atoms with van der Waals surface area (Å²) in [7, 11) is 0. The van der Waals surface area contributed by atoms with E-state index in [0.717, 1.165) is 0 Å². The van der Waals surface area contributed by atoms with Gasteiger partial charge in [-0.1, -0.05) is 0 Å². The van der Waals surface area contributed by atoms with Gasteiger partial charge in [0, 0.05) is 11.4 Å². The summed E-state index contributed by atoms with van der Waals surface area (Å²) >= 11 is 5.15. The average molecular weight is 206 g/mol. The van der Waals surface area contributed by atoms with Crippen LogP contribution < -0.4 is 5.73 Å². The normalized spacial score (nSPS) is 10.1. The van der Waals surface area contributed by atoms with E-state index in [2.05, 4.69) is 28.9 Å². The Balaban J connectivity index is 3.01. The van der Waals surface area contributed by atoms with Crippen molar-refractivity contribution in [1.82, 2.24) is 0 Å². The highest BCUT2D eigenvalue weighted by molar-refractivity contribution is 9.11. The van der Waals surface area contributed by atoms with Gasteiger partial charge in [-0.2, -0.15) is 0 Å². The van der Waals surface area contributed by atoms with Crippen LogP contribution in [0.25, 0.3) is 0 Å². The van der Waals surface area contributed by atoms with Gasteiger partial charge in [-0.3, -0.25) is 0 Å². The maximum absolute atomic E-state index is 5.44. The first-order valence-corrected chi connectivity index (χ1v) is 4.30. The van der Waals surface area contributed by atoms with Crippen LogP contribution in [0.2, 0.25) is 0 Å². The van der Waals surface area contributed by atoms with Crippen LogP contribution in [0.4, 0.5) is 0 Å².